The Kier molecular flexibility index (Phi) is 5.54. The number of hydrogen-bond donors (Lipinski definition) is 2. The van der Waals surface area contributed by atoms with E-state index in [1.165, 1.54) is 11.3 Å². The quantitative estimate of drug-likeness (QED) is 0.832. The second kappa shape index (κ2) is 7.19. The molecule has 0 unspecified atom stereocenters. The molecule has 0 radical (unpaired) electrons. The lowest BCUT2D eigenvalue weighted by Crippen LogP contribution is -2.49. The molecule has 21 heavy (non-hydrogen) atoms. The highest BCUT2D eigenvalue weighted by atomic mass is 32.2. The van der Waals surface area contributed by atoms with Crippen LogP contribution in [0.25, 0.3) is 0 Å². The molecule has 9 heteroatoms. The summed E-state index contributed by atoms with van der Waals surface area (Å²) in [4.78, 5) is 17.8. The smallest absolute Gasteiger partial charge is 0.317 e. The SMILES string of the molecule is CCS(=O)(=O)NC1CCN(C(=O)NCc2cscn2)CC1. The van der Waals surface area contributed by atoms with Crippen LogP contribution in [0.4, 0.5) is 4.79 Å². The first-order valence-corrected chi connectivity index (χ1v) is 9.49. The Morgan fingerprint density at radius 1 is 1.48 bits per heavy atom. The number of thiazole rings is 1. The number of sulfonamides is 1. The third kappa shape index (κ3) is 4.94. The number of nitrogens with one attached hydrogen (secondary N) is 2. The molecule has 0 bridgehead atoms. The molecule has 0 atom stereocenters. The van der Waals surface area contributed by atoms with Gasteiger partial charge in [0.1, 0.15) is 0 Å². The Hall–Kier alpha value is -1.19. The minimum Gasteiger partial charge on any atom is -0.332 e. The Balaban J connectivity index is 1.74. The lowest BCUT2D eigenvalue weighted by molar-refractivity contribution is 0.179. The van der Waals surface area contributed by atoms with E-state index < -0.39 is 10.0 Å². The fraction of sp³-hybridized carbons (Fsp3) is 0.667. The summed E-state index contributed by atoms with van der Waals surface area (Å²) < 4.78 is 25.7. The number of likely N-dealkylation sites (tertiary alicyclic amines) is 1. The standard InChI is InChI=1S/C12H20N4O3S2/c1-2-21(18,19)15-10-3-5-16(6-4-10)12(17)13-7-11-8-20-9-14-11/h8-10,15H,2-7H2,1H3,(H,13,17). The van der Waals surface area contributed by atoms with E-state index in [0.717, 1.165) is 5.69 Å². The number of piperidine rings is 1. The molecule has 1 saturated heterocycles. The first-order valence-electron chi connectivity index (χ1n) is 6.90. The van der Waals surface area contributed by atoms with Crippen molar-refractivity contribution < 1.29 is 13.2 Å². The maximum atomic E-state index is 12.0. The zero-order chi connectivity index (χ0) is 15.3. The van der Waals surface area contributed by atoms with Gasteiger partial charge in [0.2, 0.25) is 10.0 Å². The van der Waals surface area contributed by atoms with Gasteiger partial charge < -0.3 is 10.2 Å². The minimum absolute atomic E-state index is 0.0717. The highest BCUT2D eigenvalue weighted by Gasteiger charge is 2.25. The van der Waals surface area contributed by atoms with Crippen molar-refractivity contribution in [1.82, 2.24) is 19.9 Å². The van der Waals surface area contributed by atoms with Gasteiger partial charge in [-0.1, -0.05) is 0 Å². The van der Waals surface area contributed by atoms with Crippen molar-refractivity contribution in [3.8, 4) is 0 Å². The molecular formula is C12H20N4O3S2. The van der Waals surface area contributed by atoms with Gasteiger partial charge in [-0.2, -0.15) is 0 Å². The molecule has 0 saturated carbocycles. The number of hydrogen-bond acceptors (Lipinski definition) is 5. The van der Waals surface area contributed by atoms with Gasteiger partial charge in [-0.05, 0) is 19.8 Å². The maximum absolute atomic E-state index is 12.0. The molecule has 1 fully saturated rings. The van der Waals surface area contributed by atoms with E-state index in [2.05, 4.69) is 15.0 Å². The molecular weight excluding hydrogens is 312 g/mol. The Labute approximate surface area is 128 Å². The van der Waals surface area contributed by atoms with E-state index in [1.54, 1.807) is 17.3 Å². The molecule has 2 N–H and O–H groups in total. The molecule has 2 rings (SSSR count). The van der Waals surface area contributed by atoms with Gasteiger partial charge in [0.05, 0.1) is 23.5 Å². The summed E-state index contributed by atoms with van der Waals surface area (Å²) in [5.74, 6) is 0.0847. The van der Waals surface area contributed by atoms with Crippen LogP contribution < -0.4 is 10.0 Å². The van der Waals surface area contributed by atoms with Crippen molar-refractivity contribution in [1.29, 1.82) is 0 Å². The zero-order valence-electron chi connectivity index (χ0n) is 11.9. The average molecular weight is 332 g/mol. The van der Waals surface area contributed by atoms with E-state index in [1.807, 2.05) is 5.38 Å². The van der Waals surface area contributed by atoms with Gasteiger partial charge in [0.25, 0.3) is 0 Å². The Morgan fingerprint density at radius 3 is 2.76 bits per heavy atom. The number of aromatic nitrogens is 1. The van der Waals surface area contributed by atoms with Crippen LogP contribution in [0.15, 0.2) is 10.9 Å². The summed E-state index contributed by atoms with van der Waals surface area (Å²) in [5.41, 5.74) is 2.58. The fourth-order valence-corrected chi connectivity index (χ4v) is 3.61. The normalized spacial score (nSPS) is 16.9. The number of urea groups is 1. The predicted octanol–water partition coefficient (Wildman–Crippen LogP) is 0.756. The topological polar surface area (TPSA) is 91.4 Å². The van der Waals surface area contributed by atoms with E-state index in [-0.39, 0.29) is 17.8 Å². The van der Waals surface area contributed by atoms with Crippen LogP contribution >= 0.6 is 11.3 Å². The van der Waals surface area contributed by atoms with Gasteiger partial charge in [-0.25, -0.2) is 22.9 Å². The van der Waals surface area contributed by atoms with Crippen molar-refractivity contribution in [3.63, 3.8) is 0 Å². The number of carbonyl (C=O) groups is 1. The Morgan fingerprint density at radius 2 is 2.19 bits per heavy atom. The lowest BCUT2D eigenvalue weighted by Gasteiger charge is -2.32. The van der Waals surface area contributed by atoms with Gasteiger partial charge in [-0.15, -0.1) is 11.3 Å². The van der Waals surface area contributed by atoms with Crippen LogP contribution in [0.3, 0.4) is 0 Å². The van der Waals surface area contributed by atoms with Crippen LogP contribution in [0.1, 0.15) is 25.5 Å². The third-order valence-corrected chi connectivity index (χ3v) is 5.50. The summed E-state index contributed by atoms with van der Waals surface area (Å²) in [6, 6.07) is -0.197. The summed E-state index contributed by atoms with van der Waals surface area (Å²) in [5, 5.41) is 4.72. The molecule has 1 aliphatic heterocycles. The molecule has 1 aliphatic rings. The lowest BCUT2D eigenvalue weighted by atomic mass is 10.1. The molecule has 0 aromatic carbocycles. The monoisotopic (exact) mass is 332 g/mol. The summed E-state index contributed by atoms with van der Waals surface area (Å²) in [6.45, 7) is 3.15. The largest absolute Gasteiger partial charge is 0.332 e. The van der Waals surface area contributed by atoms with Crippen molar-refractivity contribution in [2.24, 2.45) is 0 Å². The van der Waals surface area contributed by atoms with Crippen LogP contribution in [-0.4, -0.2) is 49.2 Å². The molecule has 1 aromatic heterocycles. The molecule has 7 nitrogen and oxygen atoms in total. The Bertz CT molecular complexity index is 551. The third-order valence-electron chi connectivity index (χ3n) is 3.41. The molecule has 1 aromatic rings. The molecule has 0 aliphatic carbocycles. The predicted molar refractivity (Wildman–Crippen MR) is 81.5 cm³/mol. The van der Waals surface area contributed by atoms with Crippen molar-refractivity contribution in [2.75, 3.05) is 18.8 Å². The number of amides is 2. The summed E-state index contributed by atoms with van der Waals surface area (Å²) >= 11 is 1.49. The van der Waals surface area contributed by atoms with Gasteiger partial charge >= 0.3 is 6.03 Å². The van der Waals surface area contributed by atoms with Gasteiger partial charge in [0, 0.05) is 24.5 Å². The maximum Gasteiger partial charge on any atom is 0.317 e. The molecule has 2 amide bonds. The van der Waals surface area contributed by atoms with Crippen molar-refractivity contribution >= 4 is 27.4 Å². The molecule has 0 spiro atoms. The summed E-state index contributed by atoms with van der Waals surface area (Å²) in [7, 11) is -3.17. The first kappa shape index (κ1) is 16.2. The van der Waals surface area contributed by atoms with E-state index in [0.29, 0.717) is 32.5 Å². The van der Waals surface area contributed by atoms with Crippen LogP contribution in [-0.2, 0) is 16.6 Å². The second-order valence-corrected chi connectivity index (χ2v) is 7.68. The summed E-state index contributed by atoms with van der Waals surface area (Å²) in [6.07, 6.45) is 1.28. The van der Waals surface area contributed by atoms with Crippen molar-refractivity contribution in [3.05, 3.63) is 16.6 Å². The van der Waals surface area contributed by atoms with E-state index >= 15 is 0 Å². The van der Waals surface area contributed by atoms with Crippen LogP contribution in [0.5, 0.6) is 0 Å². The zero-order valence-corrected chi connectivity index (χ0v) is 13.5. The number of carbonyl (C=O) groups excluding carboxylic acids is 1. The molecule has 118 valence electrons. The minimum atomic E-state index is -3.17. The highest BCUT2D eigenvalue weighted by Crippen LogP contribution is 2.11. The van der Waals surface area contributed by atoms with Crippen LogP contribution in [0.2, 0.25) is 0 Å². The highest BCUT2D eigenvalue weighted by molar-refractivity contribution is 7.89. The molecule has 2 heterocycles. The first-order chi connectivity index (χ1) is 10.00. The van der Waals surface area contributed by atoms with Crippen LogP contribution in [0, 0.1) is 0 Å². The van der Waals surface area contributed by atoms with E-state index in [9.17, 15) is 13.2 Å². The second-order valence-electron chi connectivity index (χ2n) is 4.92. The van der Waals surface area contributed by atoms with E-state index in [4.69, 9.17) is 0 Å². The number of nitrogens with zero attached hydrogens (tertiary/aromatic N) is 2. The van der Waals surface area contributed by atoms with Crippen molar-refractivity contribution in [2.45, 2.75) is 32.4 Å². The average Bonchev–Trinajstić information content (AvgIpc) is 2.98. The number of rotatable bonds is 5. The van der Waals surface area contributed by atoms with Gasteiger partial charge in [-0.3, -0.25) is 0 Å². The fourth-order valence-electron chi connectivity index (χ4n) is 2.14. The van der Waals surface area contributed by atoms with Gasteiger partial charge in [0.15, 0.2) is 0 Å².